The smallest absolute Gasteiger partial charge is 0.293 e. The molecule has 0 unspecified atom stereocenters. The Hall–Kier alpha value is -2.00. The summed E-state index contributed by atoms with van der Waals surface area (Å²) in [5.74, 6) is 1.00. The van der Waals surface area contributed by atoms with Crippen LogP contribution >= 0.6 is 34.4 Å². The van der Waals surface area contributed by atoms with Gasteiger partial charge in [0.25, 0.3) is 11.1 Å². The van der Waals surface area contributed by atoms with E-state index in [1.54, 1.807) is 13.2 Å². The van der Waals surface area contributed by atoms with Crippen molar-refractivity contribution in [1.82, 2.24) is 4.90 Å². The molecule has 0 bridgehead atoms. The van der Waals surface area contributed by atoms with Crippen LogP contribution in [0.3, 0.4) is 0 Å². The lowest BCUT2D eigenvalue weighted by atomic mass is 10.1. The van der Waals surface area contributed by atoms with E-state index < -0.39 is 0 Å². The van der Waals surface area contributed by atoms with E-state index in [0.29, 0.717) is 29.6 Å². The van der Waals surface area contributed by atoms with Gasteiger partial charge in [-0.05, 0) is 77.0 Å². The summed E-state index contributed by atoms with van der Waals surface area (Å²) in [6.45, 7) is 4.86. The number of carbonyl (C=O) groups is 2. The van der Waals surface area contributed by atoms with Crippen LogP contribution in [-0.4, -0.2) is 29.7 Å². The van der Waals surface area contributed by atoms with Gasteiger partial charge in [-0.15, -0.1) is 0 Å². The Balaban J connectivity index is 1.82. The zero-order valence-electron chi connectivity index (χ0n) is 16.5. The number of aryl methyl sites for hydroxylation is 1. The summed E-state index contributed by atoms with van der Waals surface area (Å²) in [7, 11) is 1.59. The van der Waals surface area contributed by atoms with Gasteiger partial charge in [0.15, 0.2) is 11.5 Å². The lowest BCUT2D eigenvalue weighted by Crippen LogP contribution is -2.28. The lowest BCUT2D eigenvalue weighted by molar-refractivity contribution is -0.122. The molecule has 3 rings (SSSR count). The molecule has 0 atom stereocenters. The van der Waals surface area contributed by atoms with Crippen molar-refractivity contribution in [2.24, 2.45) is 0 Å². The first-order valence-corrected chi connectivity index (χ1v) is 11.1. The highest BCUT2D eigenvalue weighted by Gasteiger charge is 2.34. The van der Waals surface area contributed by atoms with Crippen molar-refractivity contribution in [1.29, 1.82) is 0 Å². The van der Waals surface area contributed by atoms with Gasteiger partial charge < -0.3 is 9.47 Å². The van der Waals surface area contributed by atoms with E-state index in [1.807, 2.05) is 38.1 Å². The van der Waals surface area contributed by atoms with Crippen LogP contribution in [0.2, 0.25) is 0 Å². The molecule has 0 aliphatic carbocycles. The Morgan fingerprint density at radius 3 is 2.55 bits per heavy atom. The third kappa shape index (κ3) is 5.14. The highest BCUT2D eigenvalue weighted by Crippen LogP contribution is 2.37. The third-order valence-electron chi connectivity index (χ3n) is 4.37. The van der Waals surface area contributed by atoms with Crippen LogP contribution in [0.15, 0.2) is 41.3 Å². The van der Waals surface area contributed by atoms with Gasteiger partial charge in [0.1, 0.15) is 6.61 Å². The molecule has 0 aromatic heterocycles. The molecule has 5 nitrogen and oxygen atoms in total. The highest BCUT2D eigenvalue weighted by atomic mass is 127. The summed E-state index contributed by atoms with van der Waals surface area (Å²) in [6, 6.07) is 11.9. The number of thioether (sulfide) groups is 1. The first kappa shape index (κ1) is 21.7. The van der Waals surface area contributed by atoms with E-state index in [-0.39, 0.29) is 11.1 Å². The average Bonchev–Trinajstić information content (AvgIpc) is 2.96. The van der Waals surface area contributed by atoms with E-state index in [1.165, 1.54) is 10.5 Å². The van der Waals surface area contributed by atoms with Crippen molar-refractivity contribution in [2.45, 2.75) is 26.9 Å². The molecule has 0 saturated carbocycles. The Morgan fingerprint density at radius 1 is 1.17 bits per heavy atom. The van der Waals surface area contributed by atoms with Gasteiger partial charge in [-0.25, -0.2) is 0 Å². The Kier molecular flexibility index (Phi) is 7.23. The zero-order chi connectivity index (χ0) is 21.0. The van der Waals surface area contributed by atoms with Crippen LogP contribution in [-0.2, 0) is 11.4 Å². The Morgan fingerprint density at radius 2 is 1.90 bits per heavy atom. The highest BCUT2D eigenvalue weighted by molar-refractivity contribution is 14.1. The normalized spacial score (nSPS) is 15.3. The number of ether oxygens (including phenoxy) is 2. The molecule has 2 amide bonds. The van der Waals surface area contributed by atoms with Crippen LogP contribution in [0.25, 0.3) is 6.08 Å². The van der Waals surface area contributed by atoms with Crippen molar-refractivity contribution in [3.63, 3.8) is 0 Å². The van der Waals surface area contributed by atoms with Crippen LogP contribution in [0.1, 0.15) is 30.0 Å². The SMILES string of the molecule is CCCN1C(=O)S/C(=C/c2cc(I)c(OCc3ccc(C)cc3)c(OC)c2)C1=O. The molecular formula is C22H22INO4S. The van der Waals surface area contributed by atoms with E-state index >= 15 is 0 Å². The van der Waals surface area contributed by atoms with Crippen molar-refractivity contribution < 1.29 is 19.1 Å². The molecule has 1 saturated heterocycles. The number of amides is 2. The summed E-state index contributed by atoms with van der Waals surface area (Å²) in [5.41, 5.74) is 3.06. The number of nitrogens with zero attached hydrogens (tertiary/aromatic N) is 1. The summed E-state index contributed by atoms with van der Waals surface area (Å²) >= 11 is 3.17. The van der Waals surface area contributed by atoms with Gasteiger partial charge in [-0.3, -0.25) is 14.5 Å². The summed E-state index contributed by atoms with van der Waals surface area (Å²) in [5, 5.41) is -0.220. The summed E-state index contributed by atoms with van der Waals surface area (Å²) in [4.78, 5) is 26.2. The van der Waals surface area contributed by atoms with E-state index in [0.717, 1.165) is 32.9 Å². The minimum atomic E-state index is -0.240. The van der Waals surface area contributed by atoms with Crippen molar-refractivity contribution >= 4 is 51.6 Å². The number of rotatable bonds is 7. The molecular weight excluding hydrogens is 501 g/mol. The molecule has 1 fully saturated rings. The van der Waals surface area contributed by atoms with Gasteiger partial charge in [0, 0.05) is 6.54 Å². The molecule has 7 heteroatoms. The topological polar surface area (TPSA) is 55.8 Å². The first-order chi connectivity index (χ1) is 13.9. The van der Waals surface area contributed by atoms with Gasteiger partial charge in [0.05, 0.1) is 15.6 Å². The number of imide groups is 1. The predicted molar refractivity (Wildman–Crippen MR) is 124 cm³/mol. The number of hydrogen-bond acceptors (Lipinski definition) is 5. The second kappa shape index (κ2) is 9.67. The second-order valence-electron chi connectivity index (χ2n) is 6.64. The molecule has 0 radical (unpaired) electrons. The average molecular weight is 523 g/mol. The van der Waals surface area contributed by atoms with Crippen LogP contribution < -0.4 is 9.47 Å². The standard InChI is InChI=1S/C22H22INO4S/c1-4-9-24-21(25)19(29-22(24)26)12-16-10-17(23)20(18(11-16)27-3)28-13-15-7-5-14(2)6-8-15/h5-8,10-12H,4,9,13H2,1-3H3/b19-12+. The molecule has 0 spiro atoms. The molecule has 0 N–H and O–H groups in total. The minimum Gasteiger partial charge on any atom is -0.493 e. The number of benzene rings is 2. The molecule has 1 heterocycles. The Labute approximate surface area is 188 Å². The maximum Gasteiger partial charge on any atom is 0.293 e. The van der Waals surface area contributed by atoms with Gasteiger partial charge in [0.2, 0.25) is 0 Å². The maximum absolute atomic E-state index is 12.5. The molecule has 2 aromatic rings. The minimum absolute atomic E-state index is 0.220. The maximum atomic E-state index is 12.5. The molecule has 29 heavy (non-hydrogen) atoms. The predicted octanol–water partition coefficient (Wildman–Crippen LogP) is 5.63. The van der Waals surface area contributed by atoms with E-state index in [9.17, 15) is 9.59 Å². The fraction of sp³-hybridized carbons (Fsp3) is 0.273. The second-order valence-corrected chi connectivity index (χ2v) is 8.80. The lowest BCUT2D eigenvalue weighted by Gasteiger charge is -2.14. The van der Waals surface area contributed by atoms with Gasteiger partial charge >= 0.3 is 0 Å². The third-order valence-corrected chi connectivity index (χ3v) is 6.08. The quantitative estimate of drug-likeness (QED) is 0.348. The first-order valence-electron chi connectivity index (χ1n) is 9.24. The van der Waals surface area contributed by atoms with Crippen LogP contribution in [0.5, 0.6) is 11.5 Å². The van der Waals surface area contributed by atoms with Gasteiger partial charge in [-0.2, -0.15) is 0 Å². The molecule has 1 aliphatic heterocycles. The largest absolute Gasteiger partial charge is 0.493 e. The monoisotopic (exact) mass is 523 g/mol. The number of carbonyl (C=O) groups excluding carboxylic acids is 2. The number of methoxy groups -OCH3 is 1. The fourth-order valence-corrected chi connectivity index (χ4v) is 4.52. The van der Waals surface area contributed by atoms with E-state index in [4.69, 9.17) is 9.47 Å². The molecule has 152 valence electrons. The summed E-state index contributed by atoms with van der Waals surface area (Å²) < 4.78 is 12.4. The number of hydrogen-bond donors (Lipinski definition) is 0. The van der Waals surface area contributed by atoms with E-state index in [2.05, 4.69) is 34.7 Å². The Bertz CT molecular complexity index is 956. The summed E-state index contributed by atoms with van der Waals surface area (Å²) in [6.07, 6.45) is 2.47. The zero-order valence-corrected chi connectivity index (χ0v) is 19.5. The van der Waals surface area contributed by atoms with Crippen LogP contribution in [0, 0.1) is 10.5 Å². The molecule has 1 aliphatic rings. The van der Waals surface area contributed by atoms with Crippen molar-refractivity contribution in [2.75, 3.05) is 13.7 Å². The van der Waals surface area contributed by atoms with Gasteiger partial charge in [-0.1, -0.05) is 36.8 Å². The fourth-order valence-electron chi connectivity index (χ4n) is 2.87. The number of halogens is 1. The van der Waals surface area contributed by atoms with Crippen molar-refractivity contribution in [3.8, 4) is 11.5 Å². The molecule has 2 aromatic carbocycles. The van der Waals surface area contributed by atoms with Crippen molar-refractivity contribution in [3.05, 3.63) is 61.6 Å². The van der Waals surface area contributed by atoms with Crippen LogP contribution in [0.4, 0.5) is 4.79 Å².